The molecule has 104 valence electrons. The van der Waals surface area contributed by atoms with E-state index >= 15 is 0 Å². The van der Waals surface area contributed by atoms with Gasteiger partial charge in [-0.3, -0.25) is 9.36 Å². The van der Waals surface area contributed by atoms with Crippen LogP contribution in [0.2, 0.25) is 0 Å². The van der Waals surface area contributed by atoms with Crippen molar-refractivity contribution in [2.75, 3.05) is 0 Å². The van der Waals surface area contributed by atoms with Gasteiger partial charge >= 0.3 is 0 Å². The minimum atomic E-state index is -0.252. The van der Waals surface area contributed by atoms with Crippen molar-refractivity contribution in [1.82, 2.24) is 9.55 Å². The molecule has 0 aliphatic heterocycles. The zero-order chi connectivity index (χ0) is 14.9. The summed E-state index contributed by atoms with van der Waals surface area (Å²) >= 11 is 2.83. The molecule has 20 heavy (non-hydrogen) atoms. The third-order valence-corrected chi connectivity index (χ3v) is 5.11. The topological polar surface area (TPSA) is 58.7 Å². The van der Waals surface area contributed by atoms with Crippen LogP contribution in [0.4, 0.5) is 0 Å². The maximum absolute atomic E-state index is 12.6. The lowest BCUT2D eigenvalue weighted by atomic mass is 10.2. The first-order chi connectivity index (χ1) is 9.49. The first kappa shape index (κ1) is 14.8. The molecule has 0 radical (unpaired) electrons. The molecule has 0 aliphatic rings. The average molecular weight is 305 g/mol. The third kappa shape index (κ3) is 2.51. The highest BCUT2D eigenvalue weighted by atomic mass is 32.2. The van der Waals surface area contributed by atoms with Gasteiger partial charge < -0.3 is 0 Å². The second-order valence-electron chi connectivity index (χ2n) is 4.45. The van der Waals surface area contributed by atoms with E-state index in [4.69, 9.17) is 5.26 Å². The van der Waals surface area contributed by atoms with Gasteiger partial charge in [-0.2, -0.15) is 5.26 Å². The first-order valence-electron chi connectivity index (χ1n) is 6.17. The zero-order valence-corrected chi connectivity index (χ0v) is 13.3. The number of rotatable bonds is 4. The Hall–Kier alpha value is -1.58. The number of thiophene rings is 1. The Morgan fingerprint density at radius 3 is 2.90 bits per heavy atom. The number of hydrogen-bond acceptors (Lipinski definition) is 5. The number of aryl methyl sites for hydroxylation is 2. The van der Waals surface area contributed by atoms with Crippen LogP contribution in [0.5, 0.6) is 0 Å². The molecule has 0 N–H and O–H groups in total. The molecule has 0 unspecified atom stereocenters. The molecular weight excluding hydrogens is 290 g/mol. The smallest absolute Gasteiger partial charge is 0.263 e. The minimum Gasteiger partial charge on any atom is -0.283 e. The van der Waals surface area contributed by atoms with Crippen molar-refractivity contribution in [3.8, 4) is 6.07 Å². The van der Waals surface area contributed by atoms with Gasteiger partial charge in [0.25, 0.3) is 5.56 Å². The van der Waals surface area contributed by atoms with E-state index in [1.807, 2.05) is 13.8 Å². The highest BCUT2D eigenvalue weighted by Crippen LogP contribution is 2.29. The van der Waals surface area contributed by atoms with Crippen LogP contribution in [-0.4, -0.2) is 14.8 Å². The lowest BCUT2D eigenvalue weighted by Crippen LogP contribution is -2.23. The zero-order valence-electron chi connectivity index (χ0n) is 11.6. The SMILES string of the molecule is C=CCn1c(S[C@@H](C)C#N)nc2sc(C)c(C)c2c1=O. The van der Waals surface area contributed by atoms with E-state index in [1.54, 1.807) is 17.6 Å². The van der Waals surface area contributed by atoms with Crippen LogP contribution in [0.25, 0.3) is 10.2 Å². The van der Waals surface area contributed by atoms with E-state index in [0.717, 1.165) is 15.3 Å². The Labute approximate surface area is 125 Å². The number of fused-ring (bicyclic) bond motifs is 1. The fraction of sp³-hybridized carbons (Fsp3) is 0.357. The van der Waals surface area contributed by atoms with Gasteiger partial charge in [-0.25, -0.2) is 4.98 Å². The van der Waals surface area contributed by atoms with Gasteiger partial charge in [0.05, 0.1) is 16.7 Å². The molecule has 0 fully saturated rings. The van der Waals surface area contributed by atoms with Crippen LogP contribution in [0, 0.1) is 25.2 Å². The van der Waals surface area contributed by atoms with Crippen LogP contribution >= 0.6 is 23.1 Å². The van der Waals surface area contributed by atoms with Crippen molar-refractivity contribution >= 4 is 33.3 Å². The summed E-state index contributed by atoms with van der Waals surface area (Å²) in [5, 5.41) is 9.96. The van der Waals surface area contributed by atoms with Crippen molar-refractivity contribution in [2.45, 2.75) is 37.7 Å². The quantitative estimate of drug-likeness (QED) is 0.494. The summed E-state index contributed by atoms with van der Waals surface area (Å²) in [6, 6.07) is 2.15. The van der Waals surface area contributed by atoms with Crippen LogP contribution < -0.4 is 5.56 Å². The van der Waals surface area contributed by atoms with E-state index in [9.17, 15) is 4.79 Å². The van der Waals surface area contributed by atoms with Gasteiger partial charge in [0.1, 0.15) is 4.83 Å². The van der Waals surface area contributed by atoms with Crippen molar-refractivity contribution in [3.05, 3.63) is 33.4 Å². The van der Waals surface area contributed by atoms with Crippen molar-refractivity contribution in [2.24, 2.45) is 0 Å². The summed E-state index contributed by atoms with van der Waals surface area (Å²) < 4.78 is 1.59. The van der Waals surface area contributed by atoms with Crippen LogP contribution in [-0.2, 0) is 6.54 Å². The number of thioether (sulfide) groups is 1. The van der Waals surface area contributed by atoms with E-state index in [0.29, 0.717) is 17.1 Å². The van der Waals surface area contributed by atoms with Crippen molar-refractivity contribution in [3.63, 3.8) is 0 Å². The summed E-state index contributed by atoms with van der Waals surface area (Å²) in [7, 11) is 0. The molecule has 2 rings (SSSR count). The molecule has 0 aromatic carbocycles. The van der Waals surface area contributed by atoms with Crippen LogP contribution in [0.1, 0.15) is 17.4 Å². The molecule has 2 heterocycles. The second kappa shape index (κ2) is 5.81. The number of aromatic nitrogens is 2. The number of hydrogen-bond donors (Lipinski definition) is 0. The summed E-state index contributed by atoms with van der Waals surface area (Å²) in [5.74, 6) is 0. The number of nitriles is 1. The molecule has 2 aromatic heterocycles. The molecule has 0 aliphatic carbocycles. The standard InChI is InChI=1S/C14H15N3OS2/c1-5-6-17-13(18)11-9(3)10(4)20-12(11)16-14(17)19-8(2)7-15/h5,8H,1,6H2,2-4H3/t8-/m0/s1. The molecular formula is C14H15N3OS2. The minimum absolute atomic E-state index is 0.0515. The largest absolute Gasteiger partial charge is 0.283 e. The Balaban J connectivity index is 2.74. The molecule has 4 nitrogen and oxygen atoms in total. The lowest BCUT2D eigenvalue weighted by molar-refractivity contribution is 0.672. The van der Waals surface area contributed by atoms with Crippen LogP contribution in [0.15, 0.2) is 22.6 Å². The second-order valence-corrected chi connectivity index (χ2v) is 6.96. The van der Waals surface area contributed by atoms with Crippen LogP contribution in [0.3, 0.4) is 0 Å². The molecule has 6 heteroatoms. The molecule has 2 aromatic rings. The lowest BCUT2D eigenvalue weighted by Gasteiger charge is -2.10. The van der Waals surface area contributed by atoms with E-state index < -0.39 is 0 Å². The molecule has 0 amide bonds. The van der Waals surface area contributed by atoms with E-state index in [-0.39, 0.29) is 10.8 Å². The van der Waals surface area contributed by atoms with E-state index in [2.05, 4.69) is 17.6 Å². The molecule has 0 saturated carbocycles. The summed E-state index contributed by atoms with van der Waals surface area (Å²) in [5.41, 5.74) is 0.939. The predicted molar refractivity (Wildman–Crippen MR) is 84.5 cm³/mol. The van der Waals surface area contributed by atoms with Gasteiger partial charge in [0.15, 0.2) is 5.16 Å². The molecule has 0 spiro atoms. The Bertz CT molecular complexity index is 767. The Morgan fingerprint density at radius 2 is 2.30 bits per heavy atom. The first-order valence-corrected chi connectivity index (χ1v) is 7.87. The maximum atomic E-state index is 12.6. The third-order valence-electron chi connectivity index (χ3n) is 3.03. The number of allylic oxidation sites excluding steroid dienone is 1. The van der Waals surface area contributed by atoms with Crippen molar-refractivity contribution in [1.29, 1.82) is 5.26 Å². The molecule has 1 atom stereocenters. The molecule has 0 saturated heterocycles. The van der Waals surface area contributed by atoms with Gasteiger partial charge in [-0.1, -0.05) is 17.8 Å². The fourth-order valence-electron chi connectivity index (χ4n) is 1.87. The molecule has 0 bridgehead atoms. The van der Waals surface area contributed by atoms with Gasteiger partial charge in [-0.15, -0.1) is 17.9 Å². The van der Waals surface area contributed by atoms with E-state index in [1.165, 1.54) is 23.1 Å². The Morgan fingerprint density at radius 1 is 1.60 bits per heavy atom. The summed E-state index contributed by atoms with van der Waals surface area (Å²) in [6.45, 7) is 9.82. The fourth-order valence-corrected chi connectivity index (χ4v) is 3.75. The normalized spacial score (nSPS) is 12.3. The maximum Gasteiger partial charge on any atom is 0.263 e. The highest BCUT2D eigenvalue weighted by Gasteiger charge is 2.17. The van der Waals surface area contributed by atoms with Crippen molar-refractivity contribution < 1.29 is 0 Å². The Kier molecular flexibility index (Phi) is 4.31. The van der Waals surface area contributed by atoms with Gasteiger partial charge in [0, 0.05) is 11.4 Å². The number of nitrogens with zero attached hydrogens (tertiary/aromatic N) is 3. The average Bonchev–Trinajstić information content (AvgIpc) is 2.69. The predicted octanol–water partition coefficient (Wildman–Crippen LogP) is 3.27. The van der Waals surface area contributed by atoms with Gasteiger partial charge in [-0.05, 0) is 26.3 Å². The highest BCUT2D eigenvalue weighted by molar-refractivity contribution is 8.00. The summed E-state index contributed by atoms with van der Waals surface area (Å²) in [4.78, 5) is 19.0. The summed E-state index contributed by atoms with van der Waals surface area (Å²) in [6.07, 6.45) is 1.67. The van der Waals surface area contributed by atoms with Gasteiger partial charge in [0.2, 0.25) is 0 Å². The monoisotopic (exact) mass is 305 g/mol.